The number of nitrogens with zero attached hydrogens (tertiary/aromatic N) is 4. The first-order chi connectivity index (χ1) is 29.3. The highest BCUT2D eigenvalue weighted by Gasteiger charge is 2.28. The molecule has 1 N–H and O–H groups in total. The van der Waals surface area contributed by atoms with Crippen molar-refractivity contribution in [2.75, 3.05) is 19.6 Å². The summed E-state index contributed by atoms with van der Waals surface area (Å²) in [6.45, 7) is 25.3. The lowest BCUT2D eigenvalue weighted by atomic mass is 9.95. The number of aromatic amines is 1. The molecule has 0 unspecified atom stereocenters. The molecule has 2 aromatic heterocycles. The minimum Gasteiger partial charge on any atom is -0.304 e. The van der Waals surface area contributed by atoms with Crippen molar-refractivity contribution in [3.05, 3.63) is 154 Å². The molecule has 0 saturated carbocycles. The number of hydrogen-bond acceptors (Lipinski definition) is 5. The smallest absolute Gasteiger partial charge is 0.252 e. The second-order valence-electron chi connectivity index (χ2n) is 17.2. The summed E-state index contributed by atoms with van der Waals surface area (Å²) in [6, 6.07) is 33.3. The van der Waals surface area contributed by atoms with E-state index in [1.165, 1.54) is 49.5 Å². The summed E-state index contributed by atoms with van der Waals surface area (Å²) in [6.07, 6.45) is 3.13. The van der Waals surface area contributed by atoms with Gasteiger partial charge in [0.05, 0.1) is 17.1 Å². The quantitative estimate of drug-likeness (QED) is 0.131. The molecule has 6 rings (SSSR count). The number of hydrogen-bond donors (Lipinski definition) is 1. The lowest BCUT2D eigenvalue weighted by molar-refractivity contribution is -0.118. The molecule has 332 valence electrons. The Labute approximate surface area is 373 Å². The highest BCUT2D eigenvalue weighted by atomic mass is 35.5. The Balaban J connectivity index is 0.000000257. The molecule has 7 nitrogen and oxygen atoms in total. The SMILES string of the molecule is CC(C)(C)C(=O)Cl.CCN(CC)CC.Cc1c(-c2ccccc2)n[nH]c1CCc1ccc(F)cc1.Cc1c(-c2ccccc2)nn(C(=O)C(C)(C)C)c1CCc1ccc(F)cc1. The van der Waals surface area contributed by atoms with Crippen molar-refractivity contribution >= 4 is 22.8 Å². The lowest BCUT2D eigenvalue weighted by Gasteiger charge is -2.18. The van der Waals surface area contributed by atoms with Crippen LogP contribution in [0, 0.1) is 36.3 Å². The molecule has 0 saturated heterocycles. The Morgan fingerprint density at radius 2 is 1.03 bits per heavy atom. The van der Waals surface area contributed by atoms with E-state index in [4.69, 9.17) is 11.6 Å². The highest BCUT2D eigenvalue weighted by Crippen LogP contribution is 2.29. The zero-order chi connectivity index (χ0) is 46.0. The molecule has 4 aromatic carbocycles. The van der Waals surface area contributed by atoms with Crippen molar-refractivity contribution in [2.24, 2.45) is 10.8 Å². The van der Waals surface area contributed by atoms with E-state index in [1.807, 2.05) is 88.4 Å². The minimum absolute atomic E-state index is 0.0260. The van der Waals surface area contributed by atoms with Crippen LogP contribution in [0.25, 0.3) is 22.5 Å². The van der Waals surface area contributed by atoms with Crippen LogP contribution in [0.4, 0.5) is 8.78 Å². The second-order valence-corrected chi connectivity index (χ2v) is 17.5. The summed E-state index contributed by atoms with van der Waals surface area (Å²) in [4.78, 5) is 25.6. The van der Waals surface area contributed by atoms with Crippen molar-refractivity contribution in [3.8, 4) is 22.5 Å². The van der Waals surface area contributed by atoms with E-state index in [-0.39, 0.29) is 28.2 Å². The van der Waals surface area contributed by atoms with Crippen molar-refractivity contribution in [2.45, 2.75) is 102 Å². The van der Waals surface area contributed by atoms with Gasteiger partial charge in [0, 0.05) is 27.7 Å². The van der Waals surface area contributed by atoms with Crippen molar-refractivity contribution in [1.82, 2.24) is 24.9 Å². The normalized spacial score (nSPS) is 11.1. The lowest BCUT2D eigenvalue weighted by Crippen LogP contribution is -2.29. The fourth-order valence-corrected chi connectivity index (χ4v) is 6.24. The number of aromatic nitrogens is 4. The Kier molecular flexibility index (Phi) is 20.1. The summed E-state index contributed by atoms with van der Waals surface area (Å²) in [5.74, 6) is -0.459. The van der Waals surface area contributed by atoms with Gasteiger partial charge < -0.3 is 4.90 Å². The van der Waals surface area contributed by atoms with Gasteiger partial charge in [-0.2, -0.15) is 10.2 Å². The molecular formula is C52H66ClF2N5O2. The maximum atomic E-state index is 13.1. The third-order valence-corrected chi connectivity index (χ3v) is 10.9. The molecule has 0 aliphatic heterocycles. The highest BCUT2D eigenvalue weighted by molar-refractivity contribution is 6.64. The fourth-order valence-electron chi connectivity index (χ4n) is 6.24. The predicted octanol–water partition coefficient (Wildman–Crippen LogP) is 12.9. The van der Waals surface area contributed by atoms with E-state index in [9.17, 15) is 18.4 Å². The summed E-state index contributed by atoms with van der Waals surface area (Å²) >= 11 is 5.11. The van der Waals surface area contributed by atoms with Crippen molar-refractivity contribution in [3.63, 3.8) is 0 Å². The van der Waals surface area contributed by atoms with E-state index in [0.29, 0.717) is 6.42 Å². The number of rotatable bonds is 11. The molecule has 2 heterocycles. The van der Waals surface area contributed by atoms with Crippen LogP contribution in [0.2, 0.25) is 0 Å². The van der Waals surface area contributed by atoms with Gasteiger partial charge in [0.25, 0.3) is 5.91 Å². The maximum Gasteiger partial charge on any atom is 0.252 e. The van der Waals surface area contributed by atoms with Gasteiger partial charge in [0.1, 0.15) is 11.6 Å². The predicted molar refractivity (Wildman–Crippen MR) is 253 cm³/mol. The molecule has 0 atom stereocenters. The molecule has 0 fully saturated rings. The van der Waals surface area contributed by atoms with E-state index in [2.05, 4.69) is 60.0 Å². The van der Waals surface area contributed by atoms with Crippen LogP contribution in [0.5, 0.6) is 0 Å². The molecule has 0 amide bonds. The molecule has 0 radical (unpaired) electrons. The number of benzene rings is 4. The first kappa shape index (κ1) is 51.1. The summed E-state index contributed by atoms with van der Waals surface area (Å²) < 4.78 is 27.6. The van der Waals surface area contributed by atoms with Crippen LogP contribution < -0.4 is 0 Å². The number of carbonyl (C=O) groups excluding carboxylic acids is 2. The third-order valence-electron chi connectivity index (χ3n) is 10.4. The van der Waals surface area contributed by atoms with Crippen molar-refractivity contribution in [1.29, 1.82) is 0 Å². The van der Waals surface area contributed by atoms with Gasteiger partial charge in [-0.05, 0) is 117 Å². The Hall–Kier alpha value is -5.25. The van der Waals surface area contributed by atoms with E-state index >= 15 is 0 Å². The maximum absolute atomic E-state index is 13.1. The van der Waals surface area contributed by atoms with Gasteiger partial charge in [0.15, 0.2) is 0 Å². The zero-order valence-electron chi connectivity index (χ0n) is 38.6. The fraction of sp³-hybridized carbons (Fsp3) is 0.385. The van der Waals surface area contributed by atoms with Gasteiger partial charge >= 0.3 is 0 Å². The van der Waals surface area contributed by atoms with E-state index < -0.39 is 5.41 Å². The number of carbonyl (C=O) groups is 2. The molecule has 0 aliphatic rings. The topological polar surface area (TPSA) is 83.9 Å². The summed E-state index contributed by atoms with van der Waals surface area (Å²) in [7, 11) is 0. The van der Waals surface area contributed by atoms with Crippen LogP contribution in [0.15, 0.2) is 109 Å². The average Bonchev–Trinajstić information content (AvgIpc) is 3.79. The van der Waals surface area contributed by atoms with Crippen LogP contribution in [0.3, 0.4) is 0 Å². The monoisotopic (exact) mass is 865 g/mol. The summed E-state index contributed by atoms with van der Waals surface area (Å²) in [5.41, 5.74) is 9.48. The van der Waals surface area contributed by atoms with Gasteiger partial charge in [-0.1, -0.05) is 147 Å². The summed E-state index contributed by atoms with van der Waals surface area (Å²) in [5, 5.41) is 12.0. The first-order valence-corrected chi connectivity index (χ1v) is 21.9. The zero-order valence-corrected chi connectivity index (χ0v) is 39.3. The molecule has 62 heavy (non-hydrogen) atoms. The standard InChI is InChI=1S/C23H25FN2O.C18H17FN2.C6H15N.C5H9ClO/c1-16-20(15-12-17-10-13-19(24)14-11-17)26(22(27)23(2,3)4)25-21(16)18-8-6-5-7-9-18;1-13-17(12-9-14-7-10-16(19)11-8-14)20-21-18(13)15-5-3-2-4-6-15;1-4-7(5-2)6-3;1-5(2,3)4(6)7/h5-11,13-14H,12,15H2,1-4H3;2-8,10-11H,9,12H2,1H3,(H,20,21);4-6H2,1-3H3;1-3H3. The Morgan fingerprint density at radius 1 is 0.613 bits per heavy atom. The minimum atomic E-state index is -0.531. The molecular weight excluding hydrogens is 800 g/mol. The third kappa shape index (κ3) is 15.9. The number of aryl methyl sites for hydroxylation is 3. The van der Waals surface area contributed by atoms with Crippen LogP contribution in [-0.4, -0.2) is 55.7 Å². The van der Waals surface area contributed by atoms with Crippen LogP contribution in [-0.2, 0) is 30.5 Å². The average molecular weight is 867 g/mol. The van der Waals surface area contributed by atoms with E-state index in [1.54, 1.807) is 37.6 Å². The van der Waals surface area contributed by atoms with E-state index in [0.717, 1.165) is 69.9 Å². The van der Waals surface area contributed by atoms with Gasteiger partial charge in [-0.15, -0.1) is 0 Å². The van der Waals surface area contributed by atoms with Crippen LogP contribution >= 0.6 is 11.6 Å². The molecule has 0 bridgehead atoms. The molecule has 10 heteroatoms. The molecule has 6 aromatic rings. The Morgan fingerprint density at radius 3 is 1.42 bits per heavy atom. The molecule has 0 aliphatic carbocycles. The van der Waals surface area contributed by atoms with Gasteiger partial charge in [-0.25, -0.2) is 13.5 Å². The van der Waals surface area contributed by atoms with Gasteiger partial charge in [0.2, 0.25) is 5.24 Å². The second kappa shape index (κ2) is 24.4. The largest absolute Gasteiger partial charge is 0.304 e. The number of H-pyrrole nitrogens is 1. The molecule has 0 spiro atoms. The Bertz CT molecular complexity index is 2250. The number of halogens is 3. The van der Waals surface area contributed by atoms with Crippen LogP contribution in [0.1, 0.15) is 101 Å². The van der Waals surface area contributed by atoms with Crippen molar-refractivity contribution < 1.29 is 18.4 Å². The number of nitrogens with one attached hydrogen (secondary N) is 1. The first-order valence-electron chi connectivity index (χ1n) is 21.5. The van der Waals surface area contributed by atoms with Gasteiger partial charge in [-0.3, -0.25) is 14.7 Å².